The van der Waals surface area contributed by atoms with Gasteiger partial charge in [-0.15, -0.1) is 0 Å². The molecule has 26 heavy (non-hydrogen) atoms. The average Bonchev–Trinajstić information content (AvgIpc) is 3.31. The molecule has 2 aromatic rings. The van der Waals surface area contributed by atoms with E-state index in [9.17, 15) is 9.90 Å². The maximum Gasteiger partial charge on any atom is 0.276 e. The lowest BCUT2D eigenvalue weighted by Crippen LogP contribution is -2.41. The number of nitrogens with zero attached hydrogens (tertiary/aromatic N) is 4. The molecular formula is C19H26N4O3. The van der Waals surface area contributed by atoms with Crippen LogP contribution in [-0.4, -0.2) is 56.3 Å². The van der Waals surface area contributed by atoms with E-state index in [0.29, 0.717) is 24.5 Å². The first-order valence-corrected chi connectivity index (χ1v) is 9.47. The van der Waals surface area contributed by atoms with Crippen molar-refractivity contribution in [3.05, 3.63) is 41.5 Å². The Balaban J connectivity index is 1.45. The van der Waals surface area contributed by atoms with Crippen LogP contribution in [0.15, 0.2) is 28.9 Å². The van der Waals surface area contributed by atoms with Gasteiger partial charge < -0.3 is 19.1 Å². The molecule has 2 aliphatic rings. The van der Waals surface area contributed by atoms with Crippen molar-refractivity contribution in [2.24, 2.45) is 0 Å². The van der Waals surface area contributed by atoms with Crippen molar-refractivity contribution in [3.8, 4) is 0 Å². The van der Waals surface area contributed by atoms with Crippen molar-refractivity contribution in [2.45, 2.75) is 51.4 Å². The highest BCUT2D eigenvalue weighted by Crippen LogP contribution is 2.30. The van der Waals surface area contributed by atoms with Crippen LogP contribution in [0.25, 0.3) is 0 Å². The largest absolute Gasteiger partial charge is 0.393 e. The second-order valence-corrected chi connectivity index (χ2v) is 7.23. The SMILES string of the molecule is CC[C@H]1c2cccn2CCN1C(=O)c1cc(CN2CCC(O)CC2)on1. The molecule has 0 aromatic carbocycles. The van der Waals surface area contributed by atoms with Crippen LogP contribution in [0.2, 0.25) is 0 Å². The van der Waals surface area contributed by atoms with Gasteiger partial charge in [0.25, 0.3) is 5.91 Å². The third-order valence-electron chi connectivity index (χ3n) is 5.53. The molecule has 7 nitrogen and oxygen atoms in total. The molecule has 1 fully saturated rings. The van der Waals surface area contributed by atoms with Gasteiger partial charge in [0.05, 0.1) is 18.7 Å². The molecule has 2 aliphatic heterocycles. The number of likely N-dealkylation sites (tertiary alicyclic amines) is 1. The number of amides is 1. The number of rotatable bonds is 4. The van der Waals surface area contributed by atoms with E-state index in [0.717, 1.165) is 38.9 Å². The van der Waals surface area contributed by atoms with Crippen LogP contribution in [0, 0.1) is 0 Å². The fourth-order valence-corrected chi connectivity index (χ4v) is 4.07. The number of hydrogen-bond acceptors (Lipinski definition) is 5. The summed E-state index contributed by atoms with van der Waals surface area (Å²) in [6.07, 6.45) is 4.32. The van der Waals surface area contributed by atoms with Gasteiger partial charge in [-0.3, -0.25) is 9.69 Å². The Kier molecular flexibility index (Phi) is 4.82. The van der Waals surface area contributed by atoms with Gasteiger partial charge in [0.15, 0.2) is 11.5 Å². The van der Waals surface area contributed by atoms with E-state index >= 15 is 0 Å². The van der Waals surface area contributed by atoms with E-state index in [1.807, 2.05) is 11.0 Å². The number of carbonyl (C=O) groups is 1. The summed E-state index contributed by atoms with van der Waals surface area (Å²) < 4.78 is 7.64. The van der Waals surface area contributed by atoms with Crippen molar-refractivity contribution in [1.82, 2.24) is 19.5 Å². The van der Waals surface area contributed by atoms with Crippen molar-refractivity contribution in [1.29, 1.82) is 0 Å². The molecule has 1 N–H and O–H groups in total. The summed E-state index contributed by atoms with van der Waals surface area (Å²) in [6.45, 7) is 5.91. The fraction of sp³-hybridized carbons (Fsp3) is 0.579. The number of aliphatic hydroxyl groups excluding tert-OH is 1. The summed E-state index contributed by atoms with van der Waals surface area (Å²) in [7, 11) is 0. The van der Waals surface area contributed by atoms with Crippen LogP contribution in [0.1, 0.15) is 54.2 Å². The second-order valence-electron chi connectivity index (χ2n) is 7.23. The first kappa shape index (κ1) is 17.3. The van der Waals surface area contributed by atoms with Gasteiger partial charge in [0.2, 0.25) is 0 Å². The number of piperidine rings is 1. The van der Waals surface area contributed by atoms with Crippen molar-refractivity contribution >= 4 is 5.91 Å². The lowest BCUT2D eigenvalue weighted by molar-refractivity contribution is 0.0606. The molecule has 1 saturated heterocycles. The molecule has 1 atom stereocenters. The van der Waals surface area contributed by atoms with Gasteiger partial charge in [-0.05, 0) is 31.4 Å². The Hall–Kier alpha value is -2.12. The lowest BCUT2D eigenvalue weighted by Gasteiger charge is -2.36. The van der Waals surface area contributed by atoms with E-state index in [-0.39, 0.29) is 18.1 Å². The standard InChI is InChI=1S/C19H26N4O3/c1-2-17-18-4-3-7-22(18)10-11-23(17)19(25)16-12-15(26-20-16)13-21-8-5-14(24)6-9-21/h3-4,7,12,14,17,24H,2,5-6,8-11,13H2,1H3/t17-/m0/s1. The molecule has 0 aliphatic carbocycles. The summed E-state index contributed by atoms with van der Waals surface area (Å²) >= 11 is 0. The zero-order chi connectivity index (χ0) is 18.1. The van der Waals surface area contributed by atoms with E-state index in [1.165, 1.54) is 5.69 Å². The van der Waals surface area contributed by atoms with Gasteiger partial charge in [-0.2, -0.15) is 0 Å². The number of carbonyl (C=O) groups excluding carboxylic acids is 1. The molecule has 0 bridgehead atoms. The highest BCUT2D eigenvalue weighted by molar-refractivity contribution is 5.92. The minimum atomic E-state index is -0.192. The van der Waals surface area contributed by atoms with E-state index in [1.54, 1.807) is 6.07 Å². The van der Waals surface area contributed by atoms with E-state index < -0.39 is 0 Å². The van der Waals surface area contributed by atoms with Crippen LogP contribution in [0.4, 0.5) is 0 Å². The molecule has 2 aromatic heterocycles. The highest BCUT2D eigenvalue weighted by Gasteiger charge is 2.31. The fourth-order valence-electron chi connectivity index (χ4n) is 4.07. The summed E-state index contributed by atoms with van der Waals surface area (Å²) in [6, 6.07) is 5.98. The second kappa shape index (κ2) is 7.25. The molecule has 0 radical (unpaired) electrons. The van der Waals surface area contributed by atoms with Crippen LogP contribution in [-0.2, 0) is 13.1 Å². The molecular weight excluding hydrogens is 332 g/mol. The maximum atomic E-state index is 13.0. The van der Waals surface area contributed by atoms with Crippen molar-refractivity contribution in [3.63, 3.8) is 0 Å². The molecule has 0 saturated carbocycles. The summed E-state index contributed by atoms with van der Waals surface area (Å²) in [5.41, 5.74) is 1.57. The zero-order valence-electron chi connectivity index (χ0n) is 15.2. The predicted octanol–water partition coefficient (Wildman–Crippen LogP) is 2.04. The Morgan fingerprint density at radius 2 is 2.12 bits per heavy atom. The third kappa shape index (κ3) is 3.29. The van der Waals surface area contributed by atoms with Crippen molar-refractivity contribution in [2.75, 3.05) is 19.6 Å². The van der Waals surface area contributed by atoms with Crippen LogP contribution < -0.4 is 0 Å². The molecule has 0 spiro atoms. The van der Waals surface area contributed by atoms with Gasteiger partial charge in [-0.25, -0.2) is 0 Å². The van der Waals surface area contributed by atoms with Crippen molar-refractivity contribution < 1.29 is 14.4 Å². The van der Waals surface area contributed by atoms with Gasteiger partial charge >= 0.3 is 0 Å². The monoisotopic (exact) mass is 358 g/mol. The minimum Gasteiger partial charge on any atom is -0.393 e. The third-order valence-corrected chi connectivity index (χ3v) is 5.53. The number of hydrogen-bond donors (Lipinski definition) is 1. The Morgan fingerprint density at radius 1 is 1.31 bits per heavy atom. The van der Waals surface area contributed by atoms with Gasteiger partial charge in [-0.1, -0.05) is 12.1 Å². The zero-order valence-corrected chi connectivity index (χ0v) is 15.2. The lowest BCUT2D eigenvalue weighted by atomic mass is 10.1. The van der Waals surface area contributed by atoms with Gasteiger partial charge in [0.1, 0.15) is 0 Å². The molecule has 0 unspecified atom stereocenters. The topological polar surface area (TPSA) is 74.7 Å². The smallest absolute Gasteiger partial charge is 0.276 e. The predicted molar refractivity (Wildman–Crippen MR) is 95.5 cm³/mol. The number of aromatic nitrogens is 2. The van der Waals surface area contributed by atoms with Crippen LogP contribution in [0.3, 0.4) is 0 Å². The quantitative estimate of drug-likeness (QED) is 0.905. The average molecular weight is 358 g/mol. The normalized spacial score (nSPS) is 21.8. The summed E-state index contributed by atoms with van der Waals surface area (Å²) in [5, 5.41) is 13.6. The summed E-state index contributed by atoms with van der Waals surface area (Å²) in [4.78, 5) is 17.1. The first-order valence-electron chi connectivity index (χ1n) is 9.47. The summed E-state index contributed by atoms with van der Waals surface area (Å²) in [5.74, 6) is 0.645. The Bertz CT molecular complexity index is 760. The number of fused-ring (bicyclic) bond motifs is 1. The van der Waals surface area contributed by atoms with E-state index in [2.05, 4.69) is 33.8 Å². The Labute approximate surface area is 153 Å². The molecule has 7 heteroatoms. The van der Waals surface area contributed by atoms with E-state index in [4.69, 9.17) is 4.52 Å². The Morgan fingerprint density at radius 3 is 2.88 bits per heavy atom. The van der Waals surface area contributed by atoms with Crippen LogP contribution in [0.5, 0.6) is 0 Å². The molecule has 4 heterocycles. The molecule has 1 amide bonds. The molecule has 4 rings (SSSR count). The molecule has 140 valence electrons. The minimum absolute atomic E-state index is 0.0617. The highest BCUT2D eigenvalue weighted by atomic mass is 16.5. The number of aliphatic hydroxyl groups is 1. The van der Waals surface area contributed by atoms with Gasteiger partial charge in [0, 0.05) is 44.1 Å². The van der Waals surface area contributed by atoms with Crippen LogP contribution >= 0.6 is 0 Å². The maximum absolute atomic E-state index is 13.0. The first-order chi connectivity index (χ1) is 12.7.